The van der Waals surface area contributed by atoms with Crippen LogP contribution >= 0.6 is 0 Å². The van der Waals surface area contributed by atoms with Gasteiger partial charge in [0.15, 0.2) is 0 Å². The fourth-order valence-corrected chi connectivity index (χ4v) is 3.18. The monoisotopic (exact) mass is 242 g/mol. The molecule has 98 valence electrons. The van der Waals surface area contributed by atoms with Gasteiger partial charge >= 0.3 is 0 Å². The van der Waals surface area contributed by atoms with Crippen LogP contribution in [-0.2, 0) is 4.79 Å². The molecule has 5 nitrogen and oxygen atoms in total. The normalized spacial score (nSPS) is 39.1. The number of nitrogens with two attached hydrogens (primary N) is 1. The van der Waals surface area contributed by atoms with Gasteiger partial charge < -0.3 is 21.3 Å². The van der Waals surface area contributed by atoms with E-state index in [-0.39, 0.29) is 31.0 Å². The van der Waals surface area contributed by atoms with Crippen molar-refractivity contribution in [3.63, 3.8) is 0 Å². The number of aliphatic hydroxyl groups excluding tert-OH is 1. The van der Waals surface area contributed by atoms with Crippen LogP contribution in [0.25, 0.3) is 0 Å². The minimum Gasteiger partial charge on any atom is -0.393 e. The van der Waals surface area contributed by atoms with E-state index in [9.17, 15) is 9.90 Å². The molecule has 0 heterocycles. The maximum absolute atomic E-state index is 12.0. The lowest BCUT2D eigenvalue weighted by Gasteiger charge is -2.28. The number of rotatable bonds is 4. The van der Waals surface area contributed by atoms with Gasteiger partial charge in [0.05, 0.1) is 12.5 Å². The summed E-state index contributed by atoms with van der Waals surface area (Å²) in [6, 6.07) is -0.0344. The smallest absolute Gasteiger partial charge is 0.225 e. The van der Waals surface area contributed by atoms with E-state index in [1.807, 2.05) is 0 Å². The minimum absolute atomic E-state index is 0.0344. The Balaban J connectivity index is 1.89. The van der Waals surface area contributed by atoms with Crippen LogP contribution in [0.1, 0.15) is 26.2 Å². The van der Waals surface area contributed by atoms with Crippen molar-refractivity contribution in [3.8, 4) is 0 Å². The van der Waals surface area contributed by atoms with Gasteiger partial charge in [-0.2, -0.15) is 0 Å². The Bertz CT molecular complexity index is 304. The summed E-state index contributed by atoms with van der Waals surface area (Å²) in [6.07, 6.45) is 3.30. The zero-order chi connectivity index (χ0) is 12.6. The lowest BCUT2D eigenvalue weighted by Crippen LogP contribution is -2.50. The summed E-state index contributed by atoms with van der Waals surface area (Å²) in [5, 5.41) is 21.2. The van der Waals surface area contributed by atoms with Crippen molar-refractivity contribution in [3.05, 3.63) is 0 Å². The van der Waals surface area contributed by atoms with Gasteiger partial charge in [0.1, 0.15) is 5.60 Å². The molecule has 0 aromatic heterocycles. The molecule has 0 aromatic carbocycles. The lowest BCUT2D eigenvalue weighted by molar-refractivity contribution is -0.128. The third-order valence-electron chi connectivity index (χ3n) is 4.27. The summed E-state index contributed by atoms with van der Waals surface area (Å²) in [7, 11) is 0. The molecule has 0 saturated heterocycles. The fourth-order valence-electron chi connectivity index (χ4n) is 3.18. The fraction of sp³-hybridized carbons (Fsp3) is 0.917. The standard InChI is InChI=1S/C12H22N2O3/c1-12(17,6-15)5-14-11(16)9-7-2-3-8(4-7)10(9)13/h7-10,15,17H,2-6,13H2,1H3,(H,14,16). The average Bonchev–Trinajstić information content (AvgIpc) is 2.86. The van der Waals surface area contributed by atoms with Crippen molar-refractivity contribution in [1.82, 2.24) is 5.32 Å². The zero-order valence-electron chi connectivity index (χ0n) is 10.2. The average molecular weight is 242 g/mol. The molecule has 0 radical (unpaired) electrons. The highest BCUT2D eigenvalue weighted by molar-refractivity contribution is 5.80. The summed E-state index contributed by atoms with van der Waals surface area (Å²) in [6.45, 7) is 1.20. The van der Waals surface area contributed by atoms with Gasteiger partial charge in [-0.25, -0.2) is 0 Å². The number of fused-ring (bicyclic) bond motifs is 2. The quantitative estimate of drug-likeness (QED) is 0.520. The second kappa shape index (κ2) is 4.55. The molecule has 5 unspecified atom stereocenters. The van der Waals surface area contributed by atoms with Crippen molar-refractivity contribution in [2.75, 3.05) is 13.2 Å². The number of amides is 1. The van der Waals surface area contributed by atoms with Crippen LogP contribution in [0, 0.1) is 17.8 Å². The molecule has 2 fully saturated rings. The van der Waals surface area contributed by atoms with Gasteiger partial charge in [0, 0.05) is 12.6 Å². The Morgan fingerprint density at radius 3 is 2.65 bits per heavy atom. The molecule has 2 saturated carbocycles. The van der Waals surface area contributed by atoms with Crippen LogP contribution in [0.2, 0.25) is 0 Å². The predicted octanol–water partition coefficient (Wildman–Crippen LogP) is -0.781. The Morgan fingerprint density at radius 1 is 1.47 bits per heavy atom. The Kier molecular flexibility index (Phi) is 3.43. The SMILES string of the molecule is CC(O)(CO)CNC(=O)C1C2CCC(C2)C1N. The highest BCUT2D eigenvalue weighted by Crippen LogP contribution is 2.47. The molecule has 0 aromatic rings. The molecule has 17 heavy (non-hydrogen) atoms. The second-order valence-corrected chi connectivity index (χ2v) is 5.81. The van der Waals surface area contributed by atoms with E-state index in [2.05, 4.69) is 5.32 Å². The van der Waals surface area contributed by atoms with Gasteiger partial charge in [-0.1, -0.05) is 0 Å². The van der Waals surface area contributed by atoms with Crippen molar-refractivity contribution < 1.29 is 15.0 Å². The Morgan fingerprint density at radius 2 is 2.12 bits per heavy atom. The molecule has 2 bridgehead atoms. The first-order chi connectivity index (χ1) is 7.94. The van der Waals surface area contributed by atoms with E-state index in [1.165, 1.54) is 6.92 Å². The molecular weight excluding hydrogens is 220 g/mol. The molecule has 0 spiro atoms. The van der Waals surface area contributed by atoms with Gasteiger partial charge in [-0.05, 0) is 38.0 Å². The summed E-state index contributed by atoms with van der Waals surface area (Å²) in [4.78, 5) is 12.0. The molecule has 0 aliphatic heterocycles. The van der Waals surface area contributed by atoms with E-state index >= 15 is 0 Å². The molecule has 5 N–H and O–H groups in total. The molecule has 2 aliphatic rings. The molecular formula is C12H22N2O3. The van der Waals surface area contributed by atoms with Crippen LogP contribution in [0.4, 0.5) is 0 Å². The Hall–Kier alpha value is -0.650. The third kappa shape index (κ3) is 2.46. The van der Waals surface area contributed by atoms with Crippen LogP contribution < -0.4 is 11.1 Å². The van der Waals surface area contributed by atoms with Gasteiger partial charge in [-0.15, -0.1) is 0 Å². The van der Waals surface area contributed by atoms with E-state index in [1.54, 1.807) is 0 Å². The van der Waals surface area contributed by atoms with Gasteiger partial charge in [-0.3, -0.25) is 4.79 Å². The number of carbonyl (C=O) groups is 1. The highest BCUT2D eigenvalue weighted by Gasteiger charge is 2.49. The van der Waals surface area contributed by atoms with E-state index in [0.717, 1.165) is 19.3 Å². The molecule has 5 heteroatoms. The summed E-state index contributed by atoms with van der Waals surface area (Å²) >= 11 is 0. The molecule has 1 amide bonds. The first-order valence-corrected chi connectivity index (χ1v) is 6.31. The lowest BCUT2D eigenvalue weighted by atomic mass is 9.84. The number of nitrogens with one attached hydrogen (secondary N) is 1. The maximum Gasteiger partial charge on any atom is 0.225 e. The second-order valence-electron chi connectivity index (χ2n) is 5.81. The summed E-state index contributed by atoms with van der Waals surface area (Å²) in [5.74, 6) is 0.727. The van der Waals surface area contributed by atoms with Gasteiger partial charge in [0.2, 0.25) is 5.91 Å². The van der Waals surface area contributed by atoms with Crippen molar-refractivity contribution >= 4 is 5.91 Å². The topological polar surface area (TPSA) is 95.6 Å². The number of hydrogen-bond donors (Lipinski definition) is 4. The largest absolute Gasteiger partial charge is 0.393 e. The van der Waals surface area contributed by atoms with Crippen LogP contribution in [0.15, 0.2) is 0 Å². The van der Waals surface area contributed by atoms with E-state index in [4.69, 9.17) is 10.8 Å². The Labute approximate surface area is 101 Å². The van der Waals surface area contributed by atoms with Crippen LogP contribution in [-0.4, -0.2) is 40.9 Å². The number of carbonyl (C=O) groups excluding carboxylic acids is 1. The van der Waals surface area contributed by atoms with E-state index in [0.29, 0.717) is 11.8 Å². The van der Waals surface area contributed by atoms with Gasteiger partial charge in [0.25, 0.3) is 0 Å². The predicted molar refractivity (Wildman–Crippen MR) is 63.0 cm³/mol. The zero-order valence-corrected chi connectivity index (χ0v) is 10.2. The van der Waals surface area contributed by atoms with Crippen molar-refractivity contribution in [1.29, 1.82) is 0 Å². The number of hydrogen-bond acceptors (Lipinski definition) is 4. The van der Waals surface area contributed by atoms with E-state index < -0.39 is 5.60 Å². The van der Waals surface area contributed by atoms with Crippen LogP contribution in [0.3, 0.4) is 0 Å². The third-order valence-corrected chi connectivity index (χ3v) is 4.27. The highest BCUT2D eigenvalue weighted by atomic mass is 16.3. The summed E-state index contributed by atoms with van der Waals surface area (Å²) < 4.78 is 0. The molecule has 2 rings (SSSR count). The summed E-state index contributed by atoms with van der Waals surface area (Å²) in [5.41, 5.74) is 4.81. The van der Waals surface area contributed by atoms with Crippen molar-refractivity contribution in [2.45, 2.75) is 37.8 Å². The first kappa shape index (κ1) is 12.8. The molecule has 2 aliphatic carbocycles. The number of aliphatic hydroxyl groups is 2. The maximum atomic E-state index is 12.0. The van der Waals surface area contributed by atoms with Crippen molar-refractivity contribution in [2.24, 2.45) is 23.5 Å². The molecule has 5 atom stereocenters. The minimum atomic E-state index is -1.25. The van der Waals surface area contributed by atoms with Crippen LogP contribution in [0.5, 0.6) is 0 Å². The first-order valence-electron chi connectivity index (χ1n) is 6.31.